The molecule has 0 saturated carbocycles. The van der Waals surface area contributed by atoms with E-state index in [1.165, 1.54) is 0 Å². The largest absolute Gasteiger partial charge is 0.464 e. The fourth-order valence-corrected chi connectivity index (χ4v) is 2.26. The predicted molar refractivity (Wildman–Crippen MR) is 77.8 cm³/mol. The van der Waals surface area contributed by atoms with Crippen molar-refractivity contribution in [3.63, 3.8) is 0 Å². The fraction of sp³-hybridized carbons (Fsp3) is 0.467. The Hall–Kier alpha value is -1.94. The monoisotopic (exact) mass is 288 g/mol. The van der Waals surface area contributed by atoms with Crippen LogP contribution in [-0.4, -0.2) is 24.7 Å². The summed E-state index contributed by atoms with van der Waals surface area (Å²) in [4.78, 5) is 12.0. The van der Waals surface area contributed by atoms with Crippen LogP contribution in [0.3, 0.4) is 0 Å². The molecule has 4 N–H and O–H groups in total. The van der Waals surface area contributed by atoms with E-state index in [1.807, 2.05) is 19.1 Å². The van der Waals surface area contributed by atoms with E-state index in [9.17, 15) is 4.79 Å². The van der Waals surface area contributed by atoms with Crippen LogP contribution in [0.2, 0.25) is 0 Å². The zero-order valence-corrected chi connectivity index (χ0v) is 12.0. The molecule has 1 aliphatic rings. The number of nitrogens with two attached hydrogens (primary N) is 1. The van der Waals surface area contributed by atoms with Gasteiger partial charge in [0, 0.05) is 0 Å². The number of nitrogens with one attached hydrogen (secondary N) is 2. The molecule has 1 saturated heterocycles. The summed E-state index contributed by atoms with van der Waals surface area (Å²) in [6, 6.07) is 8.02. The zero-order valence-electron chi connectivity index (χ0n) is 12.0. The number of hydrazine groups is 1. The molecule has 3 unspecified atom stereocenters. The van der Waals surface area contributed by atoms with Gasteiger partial charge in [0.05, 0.1) is 30.3 Å². The summed E-state index contributed by atoms with van der Waals surface area (Å²) in [6.45, 7) is 2.46. The van der Waals surface area contributed by atoms with E-state index >= 15 is 0 Å². The third kappa shape index (κ3) is 3.58. The van der Waals surface area contributed by atoms with Gasteiger partial charge in [0.25, 0.3) is 0 Å². The minimum absolute atomic E-state index is 0.193. The fourth-order valence-electron chi connectivity index (χ4n) is 2.26. The van der Waals surface area contributed by atoms with Crippen LogP contribution in [0.25, 0.3) is 0 Å². The number of hydrogen-bond acceptors (Lipinski definition) is 6. The maximum Gasteiger partial charge on any atom is 0.326 e. The van der Waals surface area contributed by atoms with Gasteiger partial charge in [-0.2, -0.15) is 5.26 Å². The number of rotatable bonds is 5. The normalized spacial score (nSPS) is 24.5. The Kier molecular flexibility index (Phi) is 5.28. The molecule has 2 rings (SSSR count). The molecule has 0 aromatic heterocycles. The van der Waals surface area contributed by atoms with Crippen LogP contribution in [0, 0.1) is 11.3 Å². The van der Waals surface area contributed by atoms with Crippen molar-refractivity contribution in [3.05, 3.63) is 35.4 Å². The van der Waals surface area contributed by atoms with Gasteiger partial charge in [-0.05, 0) is 24.1 Å². The molecule has 6 heteroatoms. The maximum absolute atomic E-state index is 12.0. The number of nitrogens with zero attached hydrogens (tertiary/aromatic N) is 1. The number of carbonyl (C=O) groups excluding carboxylic acids is 1. The molecule has 1 heterocycles. The highest BCUT2D eigenvalue weighted by molar-refractivity contribution is 5.77. The van der Waals surface area contributed by atoms with Crippen LogP contribution >= 0.6 is 0 Å². The summed E-state index contributed by atoms with van der Waals surface area (Å²) in [5.41, 5.74) is 13.6. The maximum atomic E-state index is 12.0. The van der Waals surface area contributed by atoms with Crippen LogP contribution in [0.15, 0.2) is 24.3 Å². The molecule has 1 aromatic carbocycles. The van der Waals surface area contributed by atoms with E-state index in [4.69, 9.17) is 15.7 Å². The summed E-state index contributed by atoms with van der Waals surface area (Å²) in [5, 5.41) is 8.80. The summed E-state index contributed by atoms with van der Waals surface area (Å²) in [7, 11) is 0. The van der Waals surface area contributed by atoms with Crippen LogP contribution in [-0.2, 0) is 9.53 Å². The Morgan fingerprint density at radius 2 is 2.10 bits per heavy atom. The second kappa shape index (κ2) is 7.18. The highest BCUT2D eigenvalue weighted by atomic mass is 16.5. The number of carbonyl (C=O) groups is 1. The van der Waals surface area contributed by atoms with Crippen molar-refractivity contribution in [1.82, 2.24) is 10.9 Å². The molecule has 1 aliphatic heterocycles. The number of benzene rings is 1. The number of ether oxygens (including phenoxy) is 1. The molecular weight excluding hydrogens is 268 g/mol. The van der Waals surface area contributed by atoms with Gasteiger partial charge in [-0.1, -0.05) is 25.5 Å². The average molecular weight is 288 g/mol. The van der Waals surface area contributed by atoms with Crippen molar-refractivity contribution in [2.24, 2.45) is 5.73 Å². The van der Waals surface area contributed by atoms with Gasteiger partial charge in [0.2, 0.25) is 0 Å². The molecular formula is C15H20N4O2. The van der Waals surface area contributed by atoms with Crippen molar-refractivity contribution in [1.29, 1.82) is 5.26 Å². The minimum atomic E-state index is -0.567. The van der Waals surface area contributed by atoms with Crippen LogP contribution in [0.5, 0.6) is 0 Å². The van der Waals surface area contributed by atoms with Gasteiger partial charge < -0.3 is 10.5 Å². The van der Waals surface area contributed by atoms with Crippen molar-refractivity contribution in [2.45, 2.75) is 37.9 Å². The highest BCUT2D eigenvalue weighted by Crippen LogP contribution is 2.22. The molecule has 0 aliphatic carbocycles. The van der Waals surface area contributed by atoms with E-state index in [1.54, 1.807) is 12.1 Å². The molecule has 0 radical (unpaired) electrons. The summed E-state index contributed by atoms with van der Waals surface area (Å²) in [5.74, 6) is -0.334. The molecule has 0 amide bonds. The van der Waals surface area contributed by atoms with Gasteiger partial charge in [0.15, 0.2) is 0 Å². The number of hydrogen-bond donors (Lipinski definition) is 3. The molecule has 1 aromatic rings. The Morgan fingerprint density at radius 3 is 2.71 bits per heavy atom. The van der Waals surface area contributed by atoms with Gasteiger partial charge in [-0.15, -0.1) is 0 Å². The van der Waals surface area contributed by atoms with Crippen molar-refractivity contribution in [3.8, 4) is 6.07 Å². The SMILES string of the molecule is CCCCOC(=O)C1NNC(c2ccc(C#N)cc2)C1N. The molecule has 3 atom stereocenters. The lowest BCUT2D eigenvalue weighted by Crippen LogP contribution is -2.45. The number of unbranched alkanes of at least 4 members (excludes halogenated alkanes) is 1. The van der Waals surface area contributed by atoms with E-state index in [0.29, 0.717) is 12.2 Å². The number of esters is 1. The minimum Gasteiger partial charge on any atom is -0.464 e. The first-order valence-electron chi connectivity index (χ1n) is 7.10. The first-order chi connectivity index (χ1) is 10.2. The molecule has 0 bridgehead atoms. The van der Waals surface area contributed by atoms with E-state index in [0.717, 1.165) is 18.4 Å². The smallest absolute Gasteiger partial charge is 0.326 e. The van der Waals surface area contributed by atoms with E-state index < -0.39 is 12.1 Å². The quantitative estimate of drug-likeness (QED) is 0.546. The third-order valence-corrected chi connectivity index (χ3v) is 3.56. The summed E-state index contributed by atoms with van der Waals surface area (Å²) < 4.78 is 5.19. The van der Waals surface area contributed by atoms with E-state index in [2.05, 4.69) is 16.9 Å². The zero-order chi connectivity index (χ0) is 15.2. The van der Waals surface area contributed by atoms with Crippen LogP contribution < -0.4 is 16.6 Å². The second-order valence-electron chi connectivity index (χ2n) is 5.08. The summed E-state index contributed by atoms with van der Waals surface area (Å²) >= 11 is 0. The Balaban J connectivity index is 1.98. The molecule has 21 heavy (non-hydrogen) atoms. The first-order valence-corrected chi connectivity index (χ1v) is 7.10. The van der Waals surface area contributed by atoms with E-state index in [-0.39, 0.29) is 12.0 Å². The van der Waals surface area contributed by atoms with Crippen LogP contribution in [0.1, 0.15) is 36.9 Å². The number of nitriles is 1. The van der Waals surface area contributed by atoms with Gasteiger partial charge >= 0.3 is 5.97 Å². The predicted octanol–water partition coefficient (Wildman–Crippen LogP) is 0.746. The van der Waals surface area contributed by atoms with Crippen molar-refractivity contribution >= 4 is 5.97 Å². The Bertz CT molecular complexity index is 523. The average Bonchev–Trinajstić information content (AvgIpc) is 2.89. The third-order valence-electron chi connectivity index (χ3n) is 3.56. The molecule has 0 spiro atoms. The molecule has 1 fully saturated rings. The van der Waals surface area contributed by atoms with Crippen molar-refractivity contribution in [2.75, 3.05) is 6.61 Å². The highest BCUT2D eigenvalue weighted by Gasteiger charge is 2.39. The lowest BCUT2D eigenvalue weighted by atomic mass is 9.96. The summed E-state index contributed by atoms with van der Waals surface area (Å²) in [6.07, 6.45) is 1.82. The van der Waals surface area contributed by atoms with Gasteiger partial charge in [-0.3, -0.25) is 4.79 Å². The topological polar surface area (TPSA) is 100 Å². The molecule has 112 valence electrons. The van der Waals surface area contributed by atoms with Gasteiger partial charge in [-0.25, -0.2) is 10.9 Å². The standard InChI is InChI=1S/C15H20N4O2/c1-2-3-8-21-15(20)14-12(17)13(18-19-14)11-6-4-10(9-16)5-7-11/h4-7,12-14,18-19H,2-3,8,17H2,1H3. The molecule has 6 nitrogen and oxygen atoms in total. The lowest BCUT2D eigenvalue weighted by molar-refractivity contribution is -0.146. The van der Waals surface area contributed by atoms with Gasteiger partial charge in [0.1, 0.15) is 6.04 Å². The van der Waals surface area contributed by atoms with Crippen molar-refractivity contribution < 1.29 is 9.53 Å². The first kappa shape index (κ1) is 15.4. The Morgan fingerprint density at radius 1 is 1.38 bits per heavy atom. The Labute approximate surface area is 124 Å². The lowest BCUT2D eigenvalue weighted by Gasteiger charge is -2.18. The van der Waals surface area contributed by atoms with Crippen LogP contribution in [0.4, 0.5) is 0 Å². The second-order valence-corrected chi connectivity index (χ2v) is 5.08.